The number of carbonyl (C=O) groups is 1. The molecule has 0 unspecified atom stereocenters. The van der Waals surface area contributed by atoms with E-state index in [1.165, 1.54) is 23.9 Å². The Bertz CT molecular complexity index is 1410. The molecule has 0 fully saturated rings. The van der Waals surface area contributed by atoms with Gasteiger partial charge < -0.3 is 14.8 Å². The lowest BCUT2D eigenvalue weighted by atomic mass is 10.1. The minimum absolute atomic E-state index is 0.00725. The second-order valence-corrected chi connectivity index (χ2v) is 9.58. The first-order valence-electron chi connectivity index (χ1n) is 12.4. The van der Waals surface area contributed by atoms with Gasteiger partial charge >= 0.3 is 0 Å². The van der Waals surface area contributed by atoms with Crippen molar-refractivity contribution in [2.45, 2.75) is 24.4 Å². The van der Waals surface area contributed by atoms with Gasteiger partial charge in [-0.2, -0.15) is 0 Å². The number of para-hydroxylation sites is 1. The number of amides is 1. The van der Waals surface area contributed by atoms with Gasteiger partial charge in [0.05, 0.1) is 19.1 Å². The fourth-order valence-electron chi connectivity index (χ4n) is 3.96. The number of aromatic nitrogens is 3. The van der Waals surface area contributed by atoms with Gasteiger partial charge in [0.15, 0.2) is 22.5 Å². The van der Waals surface area contributed by atoms with Crippen LogP contribution in [-0.2, 0) is 11.2 Å². The number of carbonyl (C=O) groups excluding carboxylic acids is 1. The van der Waals surface area contributed by atoms with Crippen LogP contribution in [0.3, 0.4) is 0 Å². The van der Waals surface area contributed by atoms with Crippen LogP contribution in [0.2, 0.25) is 0 Å². The maximum atomic E-state index is 12.4. The van der Waals surface area contributed by atoms with Gasteiger partial charge in [-0.3, -0.25) is 19.5 Å². The van der Waals surface area contributed by atoms with E-state index in [1.54, 1.807) is 26.4 Å². The summed E-state index contributed by atoms with van der Waals surface area (Å²) in [7, 11) is 3.19. The van der Waals surface area contributed by atoms with Crippen LogP contribution in [0.4, 0.5) is 5.69 Å². The van der Waals surface area contributed by atoms with E-state index in [0.717, 1.165) is 16.8 Å². The van der Waals surface area contributed by atoms with E-state index in [9.17, 15) is 14.9 Å². The molecule has 11 heteroatoms. The van der Waals surface area contributed by atoms with E-state index in [1.807, 2.05) is 53.1 Å². The molecule has 0 bridgehead atoms. The van der Waals surface area contributed by atoms with Crippen molar-refractivity contribution in [2.24, 2.45) is 0 Å². The molecule has 1 N–H and O–H groups in total. The van der Waals surface area contributed by atoms with Crippen molar-refractivity contribution in [3.63, 3.8) is 0 Å². The molecule has 10 nitrogen and oxygen atoms in total. The van der Waals surface area contributed by atoms with Gasteiger partial charge in [0.25, 0.3) is 5.69 Å². The molecule has 0 aliphatic carbocycles. The summed E-state index contributed by atoms with van der Waals surface area (Å²) >= 11 is 1.51. The Hall–Kier alpha value is -4.38. The lowest BCUT2D eigenvalue weighted by Crippen LogP contribution is -2.25. The van der Waals surface area contributed by atoms with Crippen molar-refractivity contribution < 1.29 is 19.2 Å². The highest BCUT2D eigenvalue weighted by Crippen LogP contribution is 2.30. The summed E-state index contributed by atoms with van der Waals surface area (Å²) in [5.41, 5.74) is 2.66. The number of rotatable bonds is 13. The molecule has 1 heterocycles. The van der Waals surface area contributed by atoms with E-state index in [2.05, 4.69) is 15.5 Å². The second-order valence-electron chi connectivity index (χ2n) is 8.52. The lowest BCUT2D eigenvalue weighted by molar-refractivity contribution is -0.384. The number of nitro benzene ring substituents is 1. The fourth-order valence-corrected chi connectivity index (χ4v) is 4.85. The lowest BCUT2D eigenvalue weighted by Gasteiger charge is -2.11. The molecule has 0 saturated carbocycles. The number of hydrogen-bond acceptors (Lipinski definition) is 8. The number of methoxy groups -OCH3 is 2. The molecule has 3 aromatic carbocycles. The van der Waals surface area contributed by atoms with E-state index >= 15 is 0 Å². The number of non-ortho nitro benzene ring substituents is 1. The summed E-state index contributed by atoms with van der Waals surface area (Å²) in [6.45, 7) is 0.530. The average Bonchev–Trinajstić information content (AvgIpc) is 3.39. The van der Waals surface area contributed by atoms with Crippen molar-refractivity contribution in [3.8, 4) is 28.6 Å². The summed E-state index contributed by atoms with van der Waals surface area (Å²) in [5, 5.41) is 23.4. The first-order chi connectivity index (χ1) is 19.0. The van der Waals surface area contributed by atoms with Gasteiger partial charge in [0, 0.05) is 42.1 Å². The predicted octanol–water partition coefficient (Wildman–Crippen LogP) is 5.09. The molecule has 0 spiro atoms. The molecule has 0 atom stereocenters. The highest BCUT2D eigenvalue weighted by atomic mass is 32.2. The zero-order chi connectivity index (χ0) is 27.6. The molecular weight excluding hydrogens is 518 g/mol. The van der Waals surface area contributed by atoms with Crippen molar-refractivity contribution in [3.05, 3.63) is 88.5 Å². The third kappa shape index (κ3) is 7.14. The van der Waals surface area contributed by atoms with Crippen molar-refractivity contribution in [1.29, 1.82) is 0 Å². The molecule has 0 saturated heterocycles. The quantitative estimate of drug-likeness (QED) is 0.106. The number of hydrogen-bond donors (Lipinski definition) is 1. The Morgan fingerprint density at radius 2 is 1.74 bits per heavy atom. The first kappa shape index (κ1) is 27.6. The van der Waals surface area contributed by atoms with Gasteiger partial charge in [-0.1, -0.05) is 36.0 Å². The van der Waals surface area contributed by atoms with Crippen LogP contribution in [0.5, 0.6) is 11.5 Å². The Labute approximate surface area is 230 Å². The Kier molecular flexibility index (Phi) is 9.52. The minimum atomic E-state index is -0.431. The van der Waals surface area contributed by atoms with Gasteiger partial charge in [-0.05, 0) is 54.8 Å². The molecule has 39 heavy (non-hydrogen) atoms. The van der Waals surface area contributed by atoms with Crippen LogP contribution in [0.1, 0.15) is 18.4 Å². The smallest absolute Gasteiger partial charge is 0.269 e. The van der Waals surface area contributed by atoms with Crippen molar-refractivity contribution in [1.82, 2.24) is 20.1 Å². The van der Waals surface area contributed by atoms with Crippen LogP contribution in [0.25, 0.3) is 17.1 Å². The Morgan fingerprint density at radius 3 is 2.44 bits per heavy atom. The topological polar surface area (TPSA) is 121 Å². The number of nitrogens with zero attached hydrogens (tertiary/aromatic N) is 4. The molecule has 4 aromatic rings. The largest absolute Gasteiger partial charge is 0.493 e. The highest BCUT2D eigenvalue weighted by molar-refractivity contribution is 7.99. The standard InChI is InChI=1S/C28H29N5O5S/c1-37-24-15-10-20(19-25(24)38-2)16-17-29-26(34)9-6-18-39-28-31-30-27(32(28)22-7-4-3-5-8-22)21-11-13-23(14-12-21)33(35)36/h3-5,7-8,10-15,19H,6,9,16-18H2,1-2H3,(H,29,34). The third-order valence-corrected chi connectivity index (χ3v) is 6.96. The maximum Gasteiger partial charge on any atom is 0.269 e. The molecule has 1 amide bonds. The van der Waals surface area contributed by atoms with Crippen LogP contribution >= 0.6 is 11.8 Å². The second kappa shape index (κ2) is 13.4. The van der Waals surface area contributed by atoms with E-state index < -0.39 is 4.92 Å². The average molecular weight is 548 g/mol. The minimum Gasteiger partial charge on any atom is -0.493 e. The zero-order valence-corrected chi connectivity index (χ0v) is 22.5. The van der Waals surface area contributed by atoms with Gasteiger partial charge in [0.2, 0.25) is 5.91 Å². The summed E-state index contributed by atoms with van der Waals surface area (Å²) in [6, 6.07) is 21.7. The number of nitrogens with one attached hydrogen (secondary N) is 1. The molecule has 0 aliphatic heterocycles. The first-order valence-corrected chi connectivity index (χ1v) is 13.3. The Balaban J connectivity index is 1.32. The van der Waals surface area contributed by atoms with Crippen LogP contribution in [0, 0.1) is 10.1 Å². The fraction of sp³-hybridized carbons (Fsp3) is 0.250. The van der Waals surface area contributed by atoms with Gasteiger partial charge in [-0.25, -0.2) is 0 Å². The summed E-state index contributed by atoms with van der Waals surface area (Å²) < 4.78 is 12.5. The normalized spacial score (nSPS) is 10.7. The summed E-state index contributed by atoms with van der Waals surface area (Å²) in [4.78, 5) is 23.0. The van der Waals surface area contributed by atoms with E-state index in [0.29, 0.717) is 54.0 Å². The number of ether oxygens (including phenoxy) is 2. The maximum absolute atomic E-state index is 12.4. The van der Waals surface area contributed by atoms with Gasteiger partial charge in [0.1, 0.15) is 0 Å². The summed E-state index contributed by atoms with van der Waals surface area (Å²) in [5.74, 6) is 2.59. The SMILES string of the molecule is COc1ccc(CCNC(=O)CCCSc2nnc(-c3ccc([N+](=O)[O-])cc3)n2-c2ccccc2)cc1OC. The predicted molar refractivity (Wildman–Crippen MR) is 150 cm³/mol. The Morgan fingerprint density at radius 1 is 1.00 bits per heavy atom. The zero-order valence-electron chi connectivity index (χ0n) is 21.7. The third-order valence-electron chi connectivity index (χ3n) is 5.95. The monoisotopic (exact) mass is 547 g/mol. The molecule has 202 valence electrons. The molecule has 4 rings (SSSR count). The van der Waals surface area contributed by atoms with Crippen LogP contribution < -0.4 is 14.8 Å². The van der Waals surface area contributed by atoms with Crippen molar-refractivity contribution in [2.75, 3.05) is 26.5 Å². The van der Waals surface area contributed by atoms with E-state index in [-0.39, 0.29) is 11.6 Å². The van der Waals surface area contributed by atoms with Crippen LogP contribution in [-0.4, -0.2) is 52.1 Å². The molecule has 0 radical (unpaired) electrons. The number of thioether (sulfide) groups is 1. The molecule has 0 aliphatic rings. The highest BCUT2D eigenvalue weighted by Gasteiger charge is 2.17. The van der Waals surface area contributed by atoms with E-state index in [4.69, 9.17) is 9.47 Å². The van der Waals surface area contributed by atoms with Gasteiger partial charge in [-0.15, -0.1) is 10.2 Å². The number of nitro groups is 1. The molecular formula is C28H29N5O5S. The summed E-state index contributed by atoms with van der Waals surface area (Å²) in [6.07, 6.45) is 1.75. The van der Waals surface area contributed by atoms with Crippen LogP contribution in [0.15, 0.2) is 78.0 Å². The number of benzene rings is 3. The molecule has 1 aromatic heterocycles. The van der Waals surface area contributed by atoms with Crippen molar-refractivity contribution >= 4 is 23.4 Å².